The molecular weight excluding hydrogens is 244 g/mol. The van der Waals surface area contributed by atoms with Crippen LogP contribution in [0, 0.1) is 0 Å². The van der Waals surface area contributed by atoms with Crippen LogP contribution in [-0.4, -0.2) is 27.0 Å². The van der Waals surface area contributed by atoms with Gasteiger partial charge in [-0.25, -0.2) is 8.42 Å². The highest BCUT2D eigenvalue weighted by molar-refractivity contribution is 7.90. The van der Waals surface area contributed by atoms with Gasteiger partial charge in [-0.1, -0.05) is 6.58 Å². The Balaban J connectivity index is 2.69. The molecule has 0 aliphatic carbocycles. The van der Waals surface area contributed by atoms with Crippen LogP contribution in [0.4, 0.5) is 0 Å². The molecule has 16 heavy (non-hydrogen) atoms. The van der Waals surface area contributed by atoms with Crippen molar-refractivity contribution < 1.29 is 13.2 Å². The molecule has 0 fully saturated rings. The van der Waals surface area contributed by atoms with Crippen molar-refractivity contribution in [3.8, 4) is 5.75 Å². The number of sulfone groups is 1. The Labute approximate surface area is 101 Å². The van der Waals surface area contributed by atoms with Gasteiger partial charge in [-0.15, -0.1) is 0 Å². The molecule has 1 aromatic carbocycles. The molecule has 0 aliphatic heterocycles. The third-order valence-corrected chi connectivity index (χ3v) is 3.49. The zero-order valence-corrected chi connectivity index (χ0v) is 10.7. The summed E-state index contributed by atoms with van der Waals surface area (Å²) in [6.07, 6.45) is 1.17. The molecule has 0 radical (unpaired) electrons. The van der Waals surface area contributed by atoms with Crippen LogP contribution in [0.25, 0.3) is 0 Å². The van der Waals surface area contributed by atoms with Gasteiger partial charge in [-0.05, 0) is 29.8 Å². The first-order chi connectivity index (χ1) is 7.43. The van der Waals surface area contributed by atoms with Crippen LogP contribution >= 0.6 is 12.6 Å². The van der Waals surface area contributed by atoms with E-state index in [0.29, 0.717) is 18.1 Å². The number of hydrogen-bond acceptors (Lipinski definition) is 4. The monoisotopic (exact) mass is 258 g/mol. The predicted molar refractivity (Wildman–Crippen MR) is 68.0 cm³/mol. The van der Waals surface area contributed by atoms with Crippen molar-refractivity contribution in [2.24, 2.45) is 0 Å². The fraction of sp³-hybridized carbons (Fsp3) is 0.273. The van der Waals surface area contributed by atoms with Crippen molar-refractivity contribution in [1.29, 1.82) is 0 Å². The number of thiol groups is 1. The highest BCUT2D eigenvalue weighted by Gasteiger charge is 2.06. The van der Waals surface area contributed by atoms with Gasteiger partial charge in [0.05, 0.1) is 4.90 Å². The second-order valence-electron chi connectivity index (χ2n) is 3.44. The lowest BCUT2D eigenvalue weighted by atomic mass is 10.3. The first-order valence-electron chi connectivity index (χ1n) is 4.64. The number of hydrogen-bond donors (Lipinski definition) is 1. The molecule has 1 rings (SSSR count). The Morgan fingerprint density at radius 3 is 2.38 bits per heavy atom. The summed E-state index contributed by atoms with van der Waals surface area (Å²) in [4.78, 5) is 0.285. The lowest BCUT2D eigenvalue weighted by Gasteiger charge is -2.07. The zero-order valence-electron chi connectivity index (χ0n) is 9.01. The highest BCUT2D eigenvalue weighted by atomic mass is 32.2. The summed E-state index contributed by atoms with van der Waals surface area (Å²) in [6, 6.07) is 6.30. The normalized spacial score (nSPS) is 11.1. The SMILES string of the molecule is C=C(CS)COc1ccc(S(C)(=O)=O)cc1. The number of ether oxygens (including phenoxy) is 1. The van der Waals surface area contributed by atoms with Crippen molar-refractivity contribution >= 4 is 22.5 Å². The van der Waals surface area contributed by atoms with Crippen LogP contribution in [0.15, 0.2) is 41.3 Å². The third kappa shape index (κ3) is 3.90. The van der Waals surface area contributed by atoms with Crippen LogP contribution in [0.3, 0.4) is 0 Å². The van der Waals surface area contributed by atoms with Crippen molar-refractivity contribution in [2.75, 3.05) is 18.6 Å². The average Bonchev–Trinajstić information content (AvgIpc) is 2.25. The molecule has 0 aromatic heterocycles. The Morgan fingerprint density at radius 1 is 1.38 bits per heavy atom. The molecule has 0 unspecified atom stereocenters. The minimum absolute atomic E-state index is 0.285. The summed E-state index contributed by atoms with van der Waals surface area (Å²) in [5, 5.41) is 0. The summed E-state index contributed by atoms with van der Waals surface area (Å²) in [6.45, 7) is 4.14. The van der Waals surface area contributed by atoms with Crippen molar-refractivity contribution in [1.82, 2.24) is 0 Å². The van der Waals surface area contributed by atoms with Gasteiger partial charge in [0.2, 0.25) is 0 Å². The molecule has 0 atom stereocenters. The second kappa shape index (κ2) is 5.41. The molecule has 3 nitrogen and oxygen atoms in total. The van der Waals surface area contributed by atoms with Gasteiger partial charge in [0.15, 0.2) is 9.84 Å². The summed E-state index contributed by atoms with van der Waals surface area (Å²) >= 11 is 4.06. The fourth-order valence-corrected chi connectivity index (χ4v) is 1.74. The van der Waals surface area contributed by atoms with E-state index in [9.17, 15) is 8.42 Å². The van der Waals surface area contributed by atoms with Crippen LogP contribution in [0.5, 0.6) is 5.75 Å². The second-order valence-corrected chi connectivity index (χ2v) is 5.77. The summed E-state index contributed by atoms with van der Waals surface area (Å²) in [5.41, 5.74) is 0.871. The van der Waals surface area contributed by atoms with E-state index < -0.39 is 9.84 Å². The highest BCUT2D eigenvalue weighted by Crippen LogP contribution is 2.16. The molecule has 0 amide bonds. The molecule has 0 saturated heterocycles. The van der Waals surface area contributed by atoms with E-state index >= 15 is 0 Å². The fourth-order valence-electron chi connectivity index (χ4n) is 1.01. The van der Waals surface area contributed by atoms with Crippen LogP contribution < -0.4 is 4.74 Å². The molecule has 0 bridgehead atoms. The Kier molecular flexibility index (Phi) is 4.44. The van der Waals surface area contributed by atoms with E-state index in [2.05, 4.69) is 19.2 Å². The first-order valence-corrected chi connectivity index (χ1v) is 7.16. The molecule has 1 aromatic rings. The largest absolute Gasteiger partial charge is 0.489 e. The van der Waals surface area contributed by atoms with E-state index in [0.717, 1.165) is 5.57 Å². The quantitative estimate of drug-likeness (QED) is 0.648. The Morgan fingerprint density at radius 2 is 1.94 bits per heavy atom. The summed E-state index contributed by atoms with van der Waals surface area (Å²) in [5.74, 6) is 1.19. The van der Waals surface area contributed by atoms with Crippen molar-refractivity contribution in [3.05, 3.63) is 36.4 Å². The van der Waals surface area contributed by atoms with Crippen LogP contribution in [-0.2, 0) is 9.84 Å². The van der Waals surface area contributed by atoms with Gasteiger partial charge in [0.1, 0.15) is 12.4 Å². The molecule has 0 saturated carbocycles. The molecule has 88 valence electrons. The topological polar surface area (TPSA) is 43.4 Å². The zero-order chi connectivity index (χ0) is 12.2. The Bertz CT molecular complexity index is 461. The maximum Gasteiger partial charge on any atom is 0.175 e. The van der Waals surface area contributed by atoms with E-state index in [1.165, 1.54) is 18.4 Å². The standard InChI is InChI=1S/C11H14O3S2/c1-9(8-15)7-14-10-3-5-11(6-4-10)16(2,12)13/h3-6,15H,1,7-8H2,2H3. The molecule has 0 aliphatic rings. The molecule has 0 spiro atoms. The molecule has 0 heterocycles. The van der Waals surface area contributed by atoms with Gasteiger partial charge in [0, 0.05) is 12.0 Å². The minimum Gasteiger partial charge on any atom is -0.489 e. The molecular formula is C11H14O3S2. The summed E-state index contributed by atoms with van der Waals surface area (Å²) < 4.78 is 27.8. The smallest absolute Gasteiger partial charge is 0.175 e. The number of rotatable bonds is 5. The van der Waals surface area contributed by atoms with Crippen LogP contribution in [0.2, 0.25) is 0 Å². The third-order valence-electron chi connectivity index (χ3n) is 1.92. The molecule has 0 N–H and O–H groups in total. The lowest BCUT2D eigenvalue weighted by molar-refractivity contribution is 0.353. The van der Waals surface area contributed by atoms with E-state index in [4.69, 9.17) is 4.74 Å². The van der Waals surface area contributed by atoms with Gasteiger partial charge in [-0.3, -0.25) is 0 Å². The van der Waals surface area contributed by atoms with Gasteiger partial charge in [-0.2, -0.15) is 12.6 Å². The Hall–Kier alpha value is -0.940. The number of benzene rings is 1. The van der Waals surface area contributed by atoms with E-state index in [-0.39, 0.29) is 4.90 Å². The average molecular weight is 258 g/mol. The van der Waals surface area contributed by atoms with E-state index in [1.807, 2.05) is 0 Å². The molecule has 5 heteroatoms. The summed E-state index contributed by atoms with van der Waals surface area (Å²) in [7, 11) is -3.14. The maximum absolute atomic E-state index is 11.2. The van der Waals surface area contributed by atoms with Crippen LogP contribution in [0.1, 0.15) is 0 Å². The van der Waals surface area contributed by atoms with E-state index in [1.54, 1.807) is 12.1 Å². The van der Waals surface area contributed by atoms with Gasteiger partial charge >= 0.3 is 0 Å². The van der Waals surface area contributed by atoms with Gasteiger partial charge in [0.25, 0.3) is 0 Å². The lowest BCUT2D eigenvalue weighted by Crippen LogP contribution is -2.02. The van der Waals surface area contributed by atoms with Crippen molar-refractivity contribution in [3.63, 3.8) is 0 Å². The predicted octanol–water partition coefficient (Wildman–Crippen LogP) is 1.95. The minimum atomic E-state index is -3.14. The van der Waals surface area contributed by atoms with Crippen molar-refractivity contribution in [2.45, 2.75) is 4.90 Å². The maximum atomic E-state index is 11.2. The van der Waals surface area contributed by atoms with Gasteiger partial charge < -0.3 is 4.74 Å². The first kappa shape index (κ1) is 13.1.